The predicted molar refractivity (Wildman–Crippen MR) is 181 cm³/mol. The molecular weight excluding hydrogens is 554 g/mol. The molecular formula is C39H33N5O. The summed E-state index contributed by atoms with van der Waals surface area (Å²) in [7, 11) is 0. The van der Waals surface area contributed by atoms with E-state index in [1.807, 2.05) is 47.6 Å². The molecule has 0 amide bonds. The van der Waals surface area contributed by atoms with Crippen LogP contribution in [0.3, 0.4) is 0 Å². The van der Waals surface area contributed by atoms with Crippen molar-refractivity contribution in [3.63, 3.8) is 0 Å². The number of imidazole rings is 1. The van der Waals surface area contributed by atoms with Crippen LogP contribution in [0.15, 0.2) is 110 Å². The van der Waals surface area contributed by atoms with Gasteiger partial charge in [-0.05, 0) is 78.4 Å². The topological polar surface area (TPSA) is 68.7 Å². The van der Waals surface area contributed by atoms with Crippen molar-refractivity contribution in [1.82, 2.24) is 19.1 Å². The van der Waals surface area contributed by atoms with E-state index in [0.717, 1.165) is 44.6 Å². The first kappa shape index (κ1) is 28.1. The highest BCUT2D eigenvalue weighted by atomic mass is 16.5. The van der Waals surface area contributed by atoms with Crippen LogP contribution in [-0.2, 0) is 5.41 Å². The van der Waals surface area contributed by atoms with Crippen LogP contribution >= 0.6 is 0 Å². The zero-order chi connectivity index (χ0) is 31.3. The summed E-state index contributed by atoms with van der Waals surface area (Å²) in [5, 5.41) is 12.2. The molecule has 0 saturated carbocycles. The Morgan fingerprint density at radius 3 is 2.33 bits per heavy atom. The van der Waals surface area contributed by atoms with Crippen molar-refractivity contribution in [2.24, 2.45) is 0 Å². The summed E-state index contributed by atoms with van der Waals surface area (Å²) in [5.41, 5.74) is 8.84. The summed E-state index contributed by atoms with van der Waals surface area (Å²) in [6.07, 6.45) is 5.73. The fourth-order valence-corrected chi connectivity index (χ4v) is 6.06. The molecule has 0 saturated heterocycles. The number of ether oxygens (including phenoxy) is 1. The molecule has 7 aromatic rings. The maximum Gasteiger partial charge on any atom is 0.145 e. The highest BCUT2D eigenvalue weighted by Gasteiger charge is 2.19. The summed E-state index contributed by atoms with van der Waals surface area (Å²) in [6.45, 7) is 10.8. The molecule has 0 bridgehead atoms. The molecule has 45 heavy (non-hydrogen) atoms. The van der Waals surface area contributed by atoms with Crippen molar-refractivity contribution in [1.29, 1.82) is 5.26 Å². The van der Waals surface area contributed by atoms with Crippen molar-refractivity contribution in [2.45, 2.75) is 40.0 Å². The Morgan fingerprint density at radius 2 is 1.56 bits per heavy atom. The summed E-state index contributed by atoms with van der Waals surface area (Å²) >= 11 is 0. The fraction of sp³-hybridized carbons (Fsp3) is 0.154. The lowest BCUT2D eigenvalue weighted by molar-refractivity contribution is 0.482. The Morgan fingerprint density at radius 1 is 0.778 bits per heavy atom. The standard InChI is InChI=1S/C39H33N5O/c1-25-9-8-10-26(2)38(25)43-23-33(42-24-43)27-13-14-28(22-40)36(19-27)45-30-15-16-32-31-11-6-7-12-34(31)44(35(32)21-30)37-20-29(17-18-41-37)39(3,4)5/h6-21,23-24H,1-5H3. The molecule has 3 heterocycles. The van der Waals surface area contributed by atoms with Gasteiger partial charge in [0.15, 0.2) is 0 Å². The minimum Gasteiger partial charge on any atom is -0.456 e. The molecule has 3 aromatic heterocycles. The third-order valence-corrected chi connectivity index (χ3v) is 8.39. The molecule has 4 aromatic carbocycles. The molecule has 0 unspecified atom stereocenters. The Bertz CT molecular complexity index is 2260. The van der Waals surface area contributed by atoms with Gasteiger partial charge in [0.1, 0.15) is 23.4 Å². The lowest BCUT2D eigenvalue weighted by Gasteiger charge is -2.20. The summed E-state index contributed by atoms with van der Waals surface area (Å²) in [6, 6.07) is 32.8. The Hall–Kier alpha value is -5.67. The van der Waals surface area contributed by atoms with Crippen molar-refractivity contribution in [3.8, 4) is 40.3 Å². The lowest BCUT2D eigenvalue weighted by atomic mass is 9.88. The average molecular weight is 588 g/mol. The Balaban J connectivity index is 1.31. The van der Waals surface area contributed by atoms with Gasteiger partial charge in [0.05, 0.1) is 34.3 Å². The molecule has 6 heteroatoms. The quantitative estimate of drug-likeness (QED) is 0.201. The number of fused-ring (bicyclic) bond motifs is 3. The van der Waals surface area contributed by atoms with E-state index in [0.29, 0.717) is 17.1 Å². The number of rotatable bonds is 5. The van der Waals surface area contributed by atoms with E-state index in [9.17, 15) is 5.26 Å². The van der Waals surface area contributed by atoms with E-state index in [2.05, 4.69) is 106 Å². The SMILES string of the molecule is Cc1cccc(C)c1-n1cnc(-c2ccc(C#N)c(Oc3ccc4c5ccccc5n(-c5cc(C(C)(C)C)ccn5)c4c3)c2)c1. The number of nitriles is 1. The Kier molecular flexibility index (Phi) is 6.75. The zero-order valence-electron chi connectivity index (χ0n) is 26.0. The number of nitrogens with zero attached hydrogens (tertiary/aromatic N) is 5. The normalized spacial score (nSPS) is 11.6. The molecule has 7 rings (SSSR count). The van der Waals surface area contributed by atoms with Gasteiger partial charge in [0.2, 0.25) is 0 Å². The van der Waals surface area contributed by atoms with Crippen LogP contribution in [0.2, 0.25) is 0 Å². The van der Waals surface area contributed by atoms with Gasteiger partial charge in [-0.15, -0.1) is 0 Å². The third kappa shape index (κ3) is 5.03. The minimum absolute atomic E-state index is 0.0159. The highest BCUT2D eigenvalue weighted by molar-refractivity contribution is 6.09. The monoisotopic (exact) mass is 587 g/mol. The maximum atomic E-state index is 9.96. The number of benzene rings is 4. The third-order valence-electron chi connectivity index (χ3n) is 8.39. The van der Waals surface area contributed by atoms with Gasteiger partial charge in [-0.2, -0.15) is 5.26 Å². The van der Waals surface area contributed by atoms with Crippen LogP contribution in [0.5, 0.6) is 11.5 Å². The first-order chi connectivity index (χ1) is 21.7. The van der Waals surface area contributed by atoms with Gasteiger partial charge in [-0.1, -0.05) is 63.2 Å². The van der Waals surface area contributed by atoms with Crippen molar-refractivity contribution < 1.29 is 4.74 Å². The molecule has 0 N–H and O–H groups in total. The number of aromatic nitrogens is 4. The van der Waals surface area contributed by atoms with Gasteiger partial charge >= 0.3 is 0 Å². The minimum atomic E-state index is -0.0159. The second kappa shape index (κ2) is 10.8. The second-order valence-electron chi connectivity index (χ2n) is 12.5. The summed E-state index contributed by atoms with van der Waals surface area (Å²) in [5.74, 6) is 1.96. The lowest BCUT2D eigenvalue weighted by Crippen LogP contribution is -2.12. The van der Waals surface area contributed by atoms with Crippen molar-refractivity contribution in [2.75, 3.05) is 0 Å². The van der Waals surface area contributed by atoms with E-state index in [-0.39, 0.29) is 5.41 Å². The van der Waals surface area contributed by atoms with E-state index < -0.39 is 0 Å². The number of para-hydroxylation sites is 2. The van der Waals surface area contributed by atoms with Gasteiger partial charge in [-0.25, -0.2) is 9.97 Å². The van der Waals surface area contributed by atoms with Crippen LogP contribution in [-0.4, -0.2) is 19.1 Å². The molecule has 220 valence electrons. The molecule has 0 radical (unpaired) electrons. The molecule has 0 aliphatic heterocycles. The number of hydrogen-bond donors (Lipinski definition) is 0. The Labute approximate surface area is 262 Å². The summed E-state index contributed by atoms with van der Waals surface area (Å²) < 4.78 is 10.7. The summed E-state index contributed by atoms with van der Waals surface area (Å²) in [4.78, 5) is 9.48. The van der Waals surface area contributed by atoms with E-state index in [4.69, 9.17) is 14.7 Å². The van der Waals surface area contributed by atoms with Crippen LogP contribution < -0.4 is 4.74 Å². The molecule has 6 nitrogen and oxygen atoms in total. The van der Waals surface area contributed by atoms with Crippen molar-refractivity contribution >= 4 is 21.8 Å². The van der Waals surface area contributed by atoms with E-state index in [1.165, 1.54) is 16.7 Å². The van der Waals surface area contributed by atoms with Crippen LogP contribution in [0.4, 0.5) is 0 Å². The number of hydrogen-bond acceptors (Lipinski definition) is 4. The number of pyridine rings is 1. The highest BCUT2D eigenvalue weighted by Crippen LogP contribution is 2.37. The van der Waals surface area contributed by atoms with Gasteiger partial charge < -0.3 is 9.30 Å². The first-order valence-corrected chi connectivity index (χ1v) is 15.0. The van der Waals surface area contributed by atoms with Gasteiger partial charge in [0.25, 0.3) is 0 Å². The fourth-order valence-electron chi connectivity index (χ4n) is 6.06. The van der Waals surface area contributed by atoms with Crippen LogP contribution in [0, 0.1) is 25.2 Å². The molecule has 0 spiro atoms. The van der Waals surface area contributed by atoms with Gasteiger partial charge in [-0.3, -0.25) is 4.57 Å². The molecule has 0 aliphatic rings. The number of aryl methyl sites for hydroxylation is 2. The predicted octanol–water partition coefficient (Wildman–Crippen LogP) is 9.61. The molecule has 0 aliphatic carbocycles. The van der Waals surface area contributed by atoms with E-state index >= 15 is 0 Å². The largest absolute Gasteiger partial charge is 0.456 e. The van der Waals surface area contributed by atoms with E-state index in [1.54, 1.807) is 6.07 Å². The first-order valence-electron chi connectivity index (χ1n) is 15.0. The molecule has 0 atom stereocenters. The maximum absolute atomic E-state index is 9.96. The zero-order valence-corrected chi connectivity index (χ0v) is 26.0. The smallest absolute Gasteiger partial charge is 0.145 e. The van der Waals surface area contributed by atoms with Crippen LogP contribution in [0.1, 0.15) is 43.0 Å². The van der Waals surface area contributed by atoms with Crippen molar-refractivity contribution in [3.05, 3.63) is 132 Å². The molecule has 0 fully saturated rings. The average Bonchev–Trinajstić information content (AvgIpc) is 3.64. The van der Waals surface area contributed by atoms with Gasteiger partial charge in [0, 0.05) is 34.8 Å². The second-order valence-corrected chi connectivity index (χ2v) is 12.5. The van der Waals surface area contributed by atoms with Crippen LogP contribution in [0.25, 0.3) is 44.6 Å².